The van der Waals surface area contributed by atoms with Crippen molar-refractivity contribution in [2.45, 2.75) is 13.1 Å². The Labute approximate surface area is 112 Å². The molecule has 1 heterocycles. The maximum absolute atomic E-state index is 9.26. The predicted octanol–water partition coefficient (Wildman–Crippen LogP) is 1.37. The Morgan fingerprint density at radius 1 is 1.32 bits per heavy atom. The van der Waals surface area contributed by atoms with Crippen LogP contribution < -0.4 is 5.32 Å². The first kappa shape index (κ1) is 13.6. The van der Waals surface area contributed by atoms with Crippen LogP contribution in [0.15, 0.2) is 36.7 Å². The van der Waals surface area contributed by atoms with E-state index in [4.69, 9.17) is 4.74 Å². The lowest BCUT2D eigenvalue weighted by Crippen LogP contribution is -2.21. The predicted molar refractivity (Wildman–Crippen MR) is 73.0 cm³/mol. The summed E-state index contributed by atoms with van der Waals surface area (Å²) in [5.74, 6) is 1.28. The van der Waals surface area contributed by atoms with E-state index in [1.165, 1.54) is 0 Å². The Kier molecular flexibility index (Phi) is 4.94. The molecule has 0 saturated heterocycles. The van der Waals surface area contributed by atoms with Gasteiger partial charge in [-0.15, -0.1) is 0 Å². The highest BCUT2D eigenvalue weighted by molar-refractivity contribution is 5.26. The van der Waals surface area contributed by atoms with Gasteiger partial charge in [-0.2, -0.15) is 0 Å². The number of imidazole rings is 1. The molecule has 0 aliphatic heterocycles. The first-order chi connectivity index (χ1) is 9.29. The van der Waals surface area contributed by atoms with Gasteiger partial charge in [0.15, 0.2) is 0 Å². The van der Waals surface area contributed by atoms with Crippen LogP contribution in [-0.2, 0) is 17.8 Å². The molecule has 0 saturated carbocycles. The number of phenolic OH excluding ortho intramolecular Hbond substituents is 1. The minimum absolute atomic E-state index is 0.288. The zero-order valence-corrected chi connectivity index (χ0v) is 11.0. The SMILES string of the molecule is COCCNCc1nccn1Cc1ccc(O)cc1. The van der Waals surface area contributed by atoms with Crippen LogP contribution in [0, 0.1) is 0 Å². The van der Waals surface area contributed by atoms with Crippen molar-refractivity contribution in [1.29, 1.82) is 0 Å². The van der Waals surface area contributed by atoms with Crippen molar-refractivity contribution in [3.63, 3.8) is 0 Å². The van der Waals surface area contributed by atoms with Crippen LogP contribution in [0.1, 0.15) is 11.4 Å². The Bertz CT molecular complexity index is 494. The highest BCUT2D eigenvalue weighted by Gasteiger charge is 2.03. The lowest BCUT2D eigenvalue weighted by Gasteiger charge is -2.09. The van der Waals surface area contributed by atoms with Crippen LogP contribution in [0.25, 0.3) is 0 Å². The van der Waals surface area contributed by atoms with E-state index in [-0.39, 0.29) is 5.75 Å². The van der Waals surface area contributed by atoms with E-state index in [1.54, 1.807) is 25.4 Å². The van der Waals surface area contributed by atoms with Gasteiger partial charge in [-0.05, 0) is 17.7 Å². The molecule has 0 amide bonds. The lowest BCUT2D eigenvalue weighted by molar-refractivity contribution is 0.199. The zero-order valence-electron chi connectivity index (χ0n) is 11.0. The fourth-order valence-corrected chi connectivity index (χ4v) is 1.82. The van der Waals surface area contributed by atoms with Crippen LogP contribution >= 0.6 is 0 Å². The summed E-state index contributed by atoms with van der Waals surface area (Å²) < 4.78 is 7.07. The van der Waals surface area contributed by atoms with Gasteiger partial charge in [0.1, 0.15) is 11.6 Å². The standard InChI is InChI=1S/C14H19N3O2/c1-19-9-7-15-10-14-16-6-8-17(14)11-12-2-4-13(18)5-3-12/h2-6,8,15,18H,7,9-11H2,1H3. The van der Waals surface area contributed by atoms with Crippen molar-refractivity contribution in [2.75, 3.05) is 20.3 Å². The van der Waals surface area contributed by atoms with Crippen LogP contribution in [0.3, 0.4) is 0 Å². The first-order valence-electron chi connectivity index (χ1n) is 6.27. The van der Waals surface area contributed by atoms with Crippen molar-refractivity contribution in [3.05, 3.63) is 48.0 Å². The second-order valence-electron chi connectivity index (χ2n) is 4.31. The van der Waals surface area contributed by atoms with Gasteiger partial charge in [0.2, 0.25) is 0 Å². The normalized spacial score (nSPS) is 10.8. The van der Waals surface area contributed by atoms with E-state index in [0.29, 0.717) is 13.2 Å². The summed E-state index contributed by atoms with van der Waals surface area (Å²) in [6.07, 6.45) is 3.76. The van der Waals surface area contributed by atoms with E-state index in [1.807, 2.05) is 18.3 Å². The van der Waals surface area contributed by atoms with Crippen LogP contribution in [0.4, 0.5) is 0 Å². The minimum Gasteiger partial charge on any atom is -0.508 e. The highest BCUT2D eigenvalue weighted by atomic mass is 16.5. The van der Waals surface area contributed by atoms with Crippen molar-refractivity contribution >= 4 is 0 Å². The van der Waals surface area contributed by atoms with E-state index in [2.05, 4.69) is 14.9 Å². The summed E-state index contributed by atoms with van der Waals surface area (Å²) in [4.78, 5) is 4.34. The molecule has 0 radical (unpaired) electrons. The Morgan fingerprint density at radius 2 is 2.11 bits per heavy atom. The average Bonchev–Trinajstić information content (AvgIpc) is 2.85. The molecule has 19 heavy (non-hydrogen) atoms. The number of ether oxygens (including phenoxy) is 1. The van der Waals surface area contributed by atoms with Gasteiger partial charge in [0, 0.05) is 32.6 Å². The molecule has 0 unspecified atom stereocenters. The maximum Gasteiger partial charge on any atom is 0.122 e. The topological polar surface area (TPSA) is 59.3 Å². The molecule has 0 spiro atoms. The Morgan fingerprint density at radius 3 is 2.84 bits per heavy atom. The average molecular weight is 261 g/mol. The monoisotopic (exact) mass is 261 g/mol. The molecule has 0 aliphatic carbocycles. The number of nitrogens with one attached hydrogen (secondary N) is 1. The number of methoxy groups -OCH3 is 1. The second-order valence-corrected chi connectivity index (χ2v) is 4.31. The second kappa shape index (κ2) is 6.92. The van der Waals surface area contributed by atoms with E-state index in [9.17, 15) is 5.11 Å². The van der Waals surface area contributed by atoms with E-state index in [0.717, 1.165) is 24.5 Å². The molecular weight excluding hydrogens is 242 g/mol. The fraction of sp³-hybridized carbons (Fsp3) is 0.357. The van der Waals surface area contributed by atoms with Gasteiger partial charge >= 0.3 is 0 Å². The number of nitrogens with zero attached hydrogens (tertiary/aromatic N) is 2. The molecule has 5 heteroatoms. The summed E-state index contributed by atoms with van der Waals surface area (Å²) in [6, 6.07) is 7.22. The number of benzene rings is 1. The summed E-state index contributed by atoms with van der Waals surface area (Å²) in [5, 5.41) is 12.5. The fourth-order valence-electron chi connectivity index (χ4n) is 1.82. The molecule has 0 aliphatic rings. The quantitative estimate of drug-likeness (QED) is 0.739. The molecular formula is C14H19N3O2. The third-order valence-electron chi connectivity index (χ3n) is 2.86. The molecule has 0 atom stereocenters. The van der Waals surface area contributed by atoms with Crippen molar-refractivity contribution in [3.8, 4) is 5.75 Å². The third kappa shape index (κ3) is 4.08. The lowest BCUT2D eigenvalue weighted by atomic mass is 10.2. The van der Waals surface area contributed by atoms with Gasteiger partial charge in [-0.3, -0.25) is 0 Å². The Balaban J connectivity index is 1.93. The molecule has 2 rings (SSSR count). The van der Waals surface area contributed by atoms with Crippen molar-refractivity contribution in [2.24, 2.45) is 0 Å². The Hall–Kier alpha value is -1.85. The van der Waals surface area contributed by atoms with Crippen molar-refractivity contribution < 1.29 is 9.84 Å². The van der Waals surface area contributed by atoms with E-state index < -0.39 is 0 Å². The van der Waals surface area contributed by atoms with Gasteiger partial charge in [-0.25, -0.2) is 4.98 Å². The van der Waals surface area contributed by atoms with Crippen LogP contribution in [-0.4, -0.2) is 34.9 Å². The van der Waals surface area contributed by atoms with Gasteiger partial charge in [0.25, 0.3) is 0 Å². The zero-order chi connectivity index (χ0) is 13.5. The van der Waals surface area contributed by atoms with Crippen molar-refractivity contribution in [1.82, 2.24) is 14.9 Å². The van der Waals surface area contributed by atoms with Crippen LogP contribution in [0.2, 0.25) is 0 Å². The number of aromatic hydroxyl groups is 1. The van der Waals surface area contributed by atoms with E-state index >= 15 is 0 Å². The number of rotatable bonds is 7. The minimum atomic E-state index is 0.288. The summed E-state index contributed by atoms with van der Waals surface area (Å²) in [7, 11) is 1.69. The summed E-state index contributed by atoms with van der Waals surface area (Å²) in [5.41, 5.74) is 1.13. The molecule has 2 aromatic rings. The highest BCUT2D eigenvalue weighted by Crippen LogP contribution is 2.11. The number of phenols is 1. The molecule has 5 nitrogen and oxygen atoms in total. The number of aromatic nitrogens is 2. The van der Waals surface area contributed by atoms with Crippen LogP contribution in [0.5, 0.6) is 5.75 Å². The number of hydrogen-bond donors (Lipinski definition) is 2. The summed E-state index contributed by atoms with van der Waals surface area (Å²) >= 11 is 0. The number of hydrogen-bond acceptors (Lipinski definition) is 4. The molecule has 2 N–H and O–H groups in total. The molecule has 0 bridgehead atoms. The summed E-state index contributed by atoms with van der Waals surface area (Å²) in [6.45, 7) is 2.97. The van der Waals surface area contributed by atoms with Gasteiger partial charge < -0.3 is 19.7 Å². The maximum atomic E-state index is 9.26. The molecule has 102 valence electrons. The first-order valence-corrected chi connectivity index (χ1v) is 6.27. The molecule has 0 fully saturated rings. The van der Waals surface area contributed by atoms with Gasteiger partial charge in [0.05, 0.1) is 13.2 Å². The largest absolute Gasteiger partial charge is 0.508 e. The smallest absolute Gasteiger partial charge is 0.122 e. The molecule has 1 aromatic carbocycles. The molecule has 1 aromatic heterocycles. The third-order valence-corrected chi connectivity index (χ3v) is 2.86. The van der Waals surface area contributed by atoms with Gasteiger partial charge in [-0.1, -0.05) is 12.1 Å².